The SMILES string of the molecule is COC(=O)CCCS(=O)(=O)N1CCNC(=O)C1(C)C. The van der Waals surface area contributed by atoms with Gasteiger partial charge in [0.25, 0.3) is 0 Å². The molecule has 19 heavy (non-hydrogen) atoms. The van der Waals surface area contributed by atoms with Crippen LogP contribution in [0.15, 0.2) is 0 Å². The molecule has 0 bridgehead atoms. The molecule has 0 aliphatic carbocycles. The zero-order valence-electron chi connectivity index (χ0n) is 11.4. The average Bonchev–Trinajstić information content (AvgIpc) is 2.31. The van der Waals surface area contributed by atoms with E-state index < -0.39 is 21.5 Å². The maximum Gasteiger partial charge on any atom is 0.305 e. The summed E-state index contributed by atoms with van der Waals surface area (Å²) in [5.41, 5.74) is -1.09. The summed E-state index contributed by atoms with van der Waals surface area (Å²) >= 11 is 0. The number of sulfonamides is 1. The van der Waals surface area contributed by atoms with E-state index in [-0.39, 0.29) is 31.0 Å². The number of nitrogens with one attached hydrogen (secondary N) is 1. The number of amides is 1. The van der Waals surface area contributed by atoms with E-state index in [0.717, 1.165) is 0 Å². The number of methoxy groups -OCH3 is 1. The molecule has 7 nitrogen and oxygen atoms in total. The zero-order chi connectivity index (χ0) is 14.7. The summed E-state index contributed by atoms with van der Waals surface area (Å²) in [6, 6.07) is 0. The Balaban J connectivity index is 2.71. The van der Waals surface area contributed by atoms with Gasteiger partial charge in [-0.3, -0.25) is 9.59 Å². The molecule has 0 aromatic heterocycles. The Hall–Kier alpha value is -1.15. The number of carbonyl (C=O) groups excluding carboxylic acids is 2. The lowest BCUT2D eigenvalue weighted by atomic mass is 10.0. The fourth-order valence-corrected chi connectivity index (χ4v) is 3.86. The second-order valence-electron chi connectivity index (χ2n) is 4.88. The van der Waals surface area contributed by atoms with Gasteiger partial charge in [-0.2, -0.15) is 4.31 Å². The number of carbonyl (C=O) groups is 2. The van der Waals surface area contributed by atoms with E-state index in [1.165, 1.54) is 11.4 Å². The van der Waals surface area contributed by atoms with E-state index >= 15 is 0 Å². The Morgan fingerprint density at radius 1 is 1.47 bits per heavy atom. The Morgan fingerprint density at radius 2 is 2.11 bits per heavy atom. The van der Waals surface area contributed by atoms with Gasteiger partial charge in [0, 0.05) is 19.5 Å². The maximum atomic E-state index is 12.2. The van der Waals surface area contributed by atoms with Gasteiger partial charge in [0.1, 0.15) is 5.54 Å². The van der Waals surface area contributed by atoms with Gasteiger partial charge >= 0.3 is 5.97 Å². The first-order chi connectivity index (χ1) is 8.71. The quantitative estimate of drug-likeness (QED) is 0.688. The van der Waals surface area contributed by atoms with Crippen molar-refractivity contribution in [3.63, 3.8) is 0 Å². The Kier molecular flexibility index (Phi) is 4.92. The standard InChI is InChI=1S/C11H20N2O5S/c1-11(2)10(15)12-6-7-13(11)19(16,17)8-4-5-9(14)18-3/h4-8H2,1-3H3,(H,12,15). The average molecular weight is 292 g/mol. The summed E-state index contributed by atoms with van der Waals surface area (Å²) in [7, 11) is -2.30. The van der Waals surface area contributed by atoms with Crippen molar-refractivity contribution in [1.82, 2.24) is 9.62 Å². The summed E-state index contributed by atoms with van der Waals surface area (Å²) in [5.74, 6) is -0.917. The van der Waals surface area contributed by atoms with Crippen molar-refractivity contribution in [2.75, 3.05) is 26.0 Å². The normalized spacial score (nSPS) is 19.8. The third-order valence-electron chi connectivity index (χ3n) is 3.13. The van der Waals surface area contributed by atoms with Crippen molar-refractivity contribution in [3.05, 3.63) is 0 Å². The van der Waals surface area contributed by atoms with E-state index in [9.17, 15) is 18.0 Å². The van der Waals surface area contributed by atoms with Crippen LogP contribution < -0.4 is 5.32 Å². The highest BCUT2D eigenvalue weighted by atomic mass is 32.2. The summed E-state index contributed by atoms with van der Waals surface area (Å²) in [4.78, 5) is 22.7. The number of nitrogens with zero attached hydrogens (tertiary/aromatic N) is 1. The number of esters is 1. The molecule has 0 atom stereocenters. The van der Waals surface area contributed by atoms with E-state index in [0.29, 0.717) is 6.54 Å². The van der Waals surface area contributed by atoms with Crippen molar-refractivity contribution in [2.24, 2.45) is 0 Å². The predicted molar refractivity (Wildman–Crippen MR) is 68.8 cm³/mol. The molecule has 1 saturated heterocycles. The highest BCUT2D eigenvalue weighted by molar-refractivity contribution is 7.89. The highest BCUT2D eigenvalue weighted by Crippen LogP contribution is 2.22. The van der Waals surface area contributed by atoms with E-state index in [2.05, 4.69) is 10.1 Å². The van der Waals surface area contributed by atoms with Gasteiger partial charge in [0.05, 0.1) is 12.9 Å². The Labute approximate surface area is 113 Å². The molecule has 0 aromatic carbocycles. The predicted octanol–water partition coefficient (Wildman–Crippen LogP) is -0.520. The molecule has 1 fully saturated rings. The first-order valence-corrected chi connectivity index (χ1v) is 7.68. The van der Waals surface area contributed by atoms with Crippen LogP contribution in [0, 0.1) is 0 Å². The molecule has 0 radical (unpaired) electrons. The van der Waals surface area contributed by atoms with Crippen molar-refractivity contribution in [3.8, 4) is 0 Å². The third-order valence-corrected chi connectivity index (χ3v) is 5.24. The lowest BCUT2D eigenvalue weighted by Crippen LogP contribution is -2.63. The fraction of sp³-hybridized carbons (Fsp3) is 0.818. The van der Waals surface area contributed by atoms with Gasteiger partial charge in [-0.25, -0.2) is 8.42 Å². The second-order valence-corrected chi connectivity index (χ2v) is 6.90. The topological polar surface area (TPSA) is 92.8 Å². The molecule has 1 aliphatic rings. The number of hydrogen-bond donors (Lipinski definition) is 1. The van der Waals surface area contributed by atoms with Crippen LogP contribution in [0.1, 0.15) is 26.7 Å². The number of hydrogen-bond acceptors (Lipinski definition) is 5. The minimum Gasteiger partial charge on any atom is -0.469 e. The van der Waals surface area contributed by atoms with Crippen LogP contribution in [0.25, 0.3) is 0 Å². The zero-order valence-corrected chi connectivity index (χ0v) is 12.2. The van der Waals surface area contributed by atoms with Crippen LogP contribution in [0.5, 0.6) is 0 Å². The summed E-state index contributed by atoms with van der Waals surface area (Å²) in [6.07, 6.45) is 0.236. The molecule has 1 rings (SSSR count). The molecule has 1 amide bonds. The largest absolute Gasteiger partial charge is 0.469 e. The monoisotopic (exact) mass is 292 g/mol. The first kappa shape index (κ1) is 15.9. The molecular weight excluding hydrogens is 272 g/mol. The highest BCUT2D eigenvalue weighted by Gasteiger charge is 2.43. The fourth-order valence-electron chi connectivity index (χ4n) is 1.98. The molecule has 1 aliphatic heterocycles. The number of rotatable bonds is 5. The number of piperazine rings is 1. The summed E-state index contributed by atoms with van der Waals surface area (Å²) in [6.45, 7) is 3.69. The van der Waals surface area contributed by atoms with Gasteiger partial charge in [-0.05, 0) is 20.3 Å². The van der Waals surface area contributed by atoms with Crippen molar-refractivity contribution in [1.29, 1.82) is 0 Å². The van der Waals surface area contributed by atoms with E-state index in [4.69, 9.17) is 0 Å². The van der Waals surface area contributed by atoms with Gasteiger partial charge < -0.3 is 10.1 Å². The van der Waals surface area contributed by atoms with Crippen LogP contribution in [-0.2, 0) is 24.3 Å². The van der Waals surface area contributed by atoms with Crippen LogP contribution in [-0.4, -0.2) is 56.1 Å². The van der Waals surface area contributed by atoms with Crippen LogP contribution in [0.4, 0.5) is 0 Å². The van der Waals surface area contributed by atoms with E-state index in [1.54, 1.807) is 13.8 Å². The van der Waals surface area contributed by atoms with Gasteiger partial charge in [0.2, 0.25) is 15.9 Å². The minimum atomic E-state index is -3.56. The minimum absolute atomic E-state index is 0.0518. The van der Waals surface area contributed by atoms with Gasteiger partial charge in [0.15, 0.2) is 0 Å². The van der Waals surface area contributed by atoms with Crippen molar-refractivity contribution >= 4 is 21.9 Å². The molecule has 0 aromatic rings. The van der Waals surface area contributed by atoms with Crippen LogP contribution in [0.2, 0.25) is 0 Å². The maximum absolute atomic E-state index is 12.2. The molecule has 0 spiro atoms. The lowest BCUT2D eigenvalue weighted by molar-refractivity contribution is -0.140. The molecule has 110 valence electrons. The van der Waals surface area contributed by atoms with E-state index in [1.807, 2.05) is 0 Å². The molecule has 0 saturated carbocycles. The molecular formula is C11H20N2O5S. The Bertz CT molecular complexity index is 458. The molecule has 0 unspecified atom stereocenters. The van der Waals surface area contributed by atoms with Gasteiger partial charge in [-0.15, -0.1) is 0 Å². The molecule has 1 N–H and O–H groups in total. The molecule has 1 heterocycles. The van der Waals surface area contributed by atoms with Crippen LogP contribution in [0.3, 0.4) is 0 Å². The second kappa shape index (κ2) is 5.87. The number of ether oxygens (including phenoxy) is 1. The summed E-state index contributed by atoms with van der Waals surface area (Å²) in [5, 5.41) is 2.64. The smallest absolute Gasteiger partial charge is 0.305 e. The molecule has 8 heteroatoms. The van der Waals surface area contributed by atoms with Crippen LogP contribution >= 0.6 is 0 Å². The lowest BCUT2D eigenvalue weighted by Gasteiger charge is -2.39. The Morgan fingerprint density at radius 3 is 2.68 bits per heavy atom. The summed E-state index contributed by atoms with van der Waals surface area (Å²) < 4.78 is 30.1. The van der Waals surface area contributed by atoms with Crippen molar-refractivity contribution < 1.29 is 22.7 Å². The third kappa shape index (κ3) is 3.66. The van der Waals surface area contributed by atoms with Crippen molar-refractivity contribution in [2.45, 2.75) is 32.2 Å². The first-order valence-electron chi connectivity index (χ1n) is 6.07. The van der Waals surface area contributed by atoms with Gasteiger partial charge in [-0.1, -0.05) is 0 Å².